The van der Waals surface area contributed by atoms with Crippen LogP contribution in [0.4, 0.5) is 0 Å². The monoisotopic (exact) mass is 663 g/mol. The molecule has 48 heavy (non-hydrogen) atoms. The Morgan fingerprint density at radius 2 is 1.15 bits per heavy atom. The summed E-state index contributed by atoms with van der Waals surface area (Å²) in [4.78, 5) is 5.53. The van der Waals surface area contributed by atoms with Crippen molar-refractivity contribution < 1.29 is 28.4 Å². The number of pyridine rings is 1. The Morgan fingerprint density at radius 1 is 0.583 bits per heavy atom. The van der Waals surface area contributed by atoms with Crippen LogP contribution in [0.15, 0.2) is 145 Å². The topological polar surface area (TPSA) is 68.3 Å². The fourth-order valence-electron chi connectivity index (χ4n) is 5.53. The number of benzene rings is 4. The van der Waals surface area contributed by atoms with Gasteiger partial charge in [-0.3, -0.25) is 4.98 Å². The van der Waals surface area contributed by atoms with Crippen LogP contribution in [0.25, 0.3) is 0 Å². The van der Waals surface area contributed by atoms with E-state index in [0.29, 0.717) is 33.0 Å². The molecule has 1 saturated heterocycles. The molecule has 5 atom stereocenters. The van der Waals surface area contributed by atoms with Crippen molar-refractivity contribution in [1.29, 1.82) is 0 Å². The van der Waals surface area contributed by atoms with Gasteiger partial charge in [0.1, 0.15) is 35.6 Å². The summed E-state index contributed by atoms with van der Waals surface area (Å²) >= 11 is 1.59. The molecule has 1 fully saturated rings. The van der Waals surface area contributed by atoms with Crippen molar-refractivity contribution in [1.82, 2.24) is 4.98 Å². The van der Waals surface area contributed by atoms with E-state index in [1.807, 2.05) is 97.1 Å². The molecule has 1 aliphatic heterocycles. The summed E-state index contributed by atoms with van der Waals surface area (Å²) in [6, 6.07) is 44.2. The third kappa shape index (κ3) is 9.76. The fourth-order valence-corrected chi connectivity index (χ4v) is 6.66. The predicted molar refractivity (Wildman–Crippen MR) is 186 cm³/mol. The van der Waals surface area contributed by atoms with E-state index in [-0.39, 0.29) is 0 Å². The highest BCUT2D eigenvalue weighted by Crippen LogP contribution is 2.38. The summed E-state index contributed by atoms with van der Waals surface area (Å²) in [6.45, 7) is 1.83. The van der Waals surface area contributed by atoms with Gasteiger partial charge in [0, 0.05) is 11.1 Å². The van der Waals surface area contributed by atoms with Gasteiger partial charge in [0.25, 0.3) is 0 Å². The number of aromatic nitrogens is 1. The number of nitrogens with zero attached hydrogens (tertiary/aromatic N) is 1. The van der Waals surface area contributed by atoms with Crippen LogP contribution in [-0.2, 0) is 50.1 Å². The molecule has 0 spiro atoms. The van der Waals surface area contributed by atoms with Crippen LogP contribution in [0.2, 0.25) is 0 Å². The lowest BCUT2D eigenvalue weighted by Crippen LogP contribution is -2.60. The van der Waals surface area contributed by atoms with Gasteiger partial charge in [0.2, 0.25) is 0 Å². The van der Waals surface area contributed by atoms with Gasteiger partial charge in [-0.05, 0) is 53.1 Å². The molecule has 1 aromatic heterocycles. The number of ether oxygens (including phenoxy) is 6. The molecule has 0 radical (unpaired) electrons. The molecule has 0 amide bonds. The second kappa shape index (κ2) is 17.9. The number of rotatable bonds is 16. The summed E-state index contributed by atoms with van der Waals surface area (Å²) < 4.78 is 38.9. The lowest BCUT2D eigenvalue weighted by Gasteiger charge is -2.46. The minimum atomic E-state index is -0.506. The first-order chi connectivity index (χ1) is 23.7. The molecular weight excluding hydrogens is 623 g/mol. The molecule has 248 valence electrons. The lowest BCUT2D eigenvalue weighted by atomic mass is 9.99. The molecule has 1 aliphatic rings. The smallest absolute Gasteiger partial charge is 0.137 e. The first-order valence-electron chi connectivity index (χ1n) is 16.2. The van der Waals surface area contributed by atoms with Gasteiger partial charge in [-0.25, -0.2) is 0 Å². The number of thioether (sulfide) groups is 1. The van der Waals surface area contributed by atoms with Crippen molar-refractivity contribution in [2.24, 2.45) is 0 Å². The van der Waals surface area contributed by atoms with Crippen molar-refractivity contribution in [3.63, 3.8) is 0 Å². The highest BCUT2D eigenvalue weighted by molar-refractivity contribution is 7.99. The SMILES string of the molecule is COc1ccc(S[C@H]2OC(COCc3ccccc3)[C@@H](OCc3ccccc3)C(OCc3ccccc3)C2OCc2ccccn2)cc1. The van der Waals surface area contributed by atoms with E-state index >= 15 is 0 Å². The zero-order chi connectivity index (χ0) is 32.8. The van der Waals surface area contributed by atoms with Crippen LogP contribution in [0.3, 0.4) is 0 Å². The van der Waals surface area contributed by atoms with Gasteiger partial charge >= 0.3 is 0 Å². The van der Waals surface area contributed by atoms with E-state index in [1.165, 1.54) is 0 Å². The van der Waals surface area contributed by atoms with Crippen molar-refractivity contribution in [3.05, 3.63) is 162 Å². The maximum atomic E-state index is 6.93. The van der Waals surface area contributed by atoms with E-state index in [1.54, 1.807) is 25.1 Å². The number of hydrogen-bond acceptors (Lipinski definition) is 8. The summed E-state index contributed by atoms with van der Waals surface area (Å²) in [5.74, 6) is 0.789. The van der Waals surface area contributed by atoms with Gasteiger partial charge in [-0.15, -0.1) is 0 Å². The number of hydrogen-bond donors (Lipinski definition) is 0. The molecule has 8 heteroatoms. The second-order valence-electron chi connectivity index (χ2n) is 11.5. The number of methoxy groups -OCH3 is 1. The minimum absolute atomic E-state index is 0.292. The molecule has 4 aromatic carbocycles. The van der Waals surface area contributed by atoms with Gasteiger partial charge in [-0.2, -0.15) is 0 Å². The molecular formula is C40H41NO6S. The standard InChI is InChI=1S/C40H41NO6S/c1-42-34-20-22-35(23-21-34)48-40-39(46-28-33-19-11-12-24-41-33)38(45-27-32-17-9-4-10-18-32)37(44-26-31-15-7-3-8-16-31)36(47-40)29-43-25-30-13-5-2-6-14-30/h2-24,36-40H,25-29H2,1H3/t36?,37-,38?,39?,40-/m1/s1. The highest BCUT2D eigenvalue weighted by atomic mass is 32.2. The summed E-state index contributed by atoms with van der Waals surface area (Å²) in [7, 11) is 1.66. The molecule has 7 nitrogen and oxygen atoms in total. The van der Waals surface area contributed by atoms with Crippen LogP contribution in [0.1, 0.15) is 22.4 Å². The average Bonchev–Trinajstić information content (AvgIpc) is 3.15. The molecule has 3 unspecified atom stereocenters. The zero-order valence-corrected chi connectivity index (χ0v) is 27.8. The molecule has 0 saturated carbocycles. The predicted octanol–water partition coefficient (Wildman–Crippen LogP) is 7.88. The van der Waals surface area contributed by atoms with Gasteiger partial charge < -0.3 is 28.4 Å². The van der Waals surface area contributed by atoms with Crippen LogP contribution in [-0.4, -0.2) is 48.6 Å². The highest BCUT2D eigenvalue weighted by Gasteiger charge is 2.49. The molecule has 0 bridgehead atoms. The first kappa shape index (κ1) is 33.9. The van der Waals surface area contributed by atoms with E-state index in [9.17, 15) is 0 Å². The maximum absolute atomic E-state index is 6.93. The molecule has 5 aromatic rings. The third-order valence-electron chi connectivity index (χ3n) is 8.02. The van der Waals surface area contributed by atoms with Gasteiger partial charge in [-0.1, -0.05) is 109 Å². The molecule has 0 N–H and O–H groups in total. The van der Waals surface area contributed by atoms with Crippen molar-refractivity contribution in [3.8, 4) is 5.75 Å². The Morgan fingerprint density at radius 3 is 1.73 bits per heavy atom. The third-order valence-corrected chi connectivity index (χ3v) is 9.17. The van der Waals surface area contributed by atoms with Gasteiger partial charge in [0.05, 0.1) is 45.8 Å². The van der Waals surface area contributed by atoms with Crippen LogP contribution >= 0.6 is 11.8 Å². The van der Waals surface area contributed by atoms with Crippen LogP contribution in [0.5, 0.6) is 5.75 Å². The summed E-state index contributed by atoms with van der Waals surface area (Å²) in [6.07, 6.45) is -0.161. The second-order valence-corrected chi connectivity index (χ2v) is 12.6. The normalized spacial score (nSPS) is 20.7. The first-order valence-corrected chi connectivity index (χ1v) is 17.0. The van der Waals surface area contributed by atoms with Crippen LogP contribution in [0, 0.1) is 0 Å². The van der Waals surface area contributed by atoms with Crippen molar-refractivity contribution >= 4 is 11.8 Å². The maximum Gasteiger partial charge on any atom is 0.137 e. The fraction of sp³-hybridized carbons (Fsp3) is 0.275. The molecule has 2 heterocycles. The van der Waals surface area contributed by atoms with Crippen molar-refractivity contribution in [2.45, 2.75) is 61.2 Å². The largest absolute Gasteiger partial charge is 0.497 e. The average molecular weight is 664 g/mol. The summed E-state index contributed by atoms with van der Waals surface area (Å²) in [5, 5.41) is 0. The molecule has 6 rings (SSSR count). The summed E-state index contributed by atoms with van der Waals surface area (Å²) in [5.41, 5.74) is 3.59. The Balaban J connectivity index is 1.32. The van der Waals surface area contributed by atoms with E-state index in [4.69, 9.17) is 28.4 Å². The lowest BCUT2D eigenvalue weighted by molar-refractivity contribution is -0.254. The quantitative estimate of drug-likeness (QED) is 0.106. The van der Waals surface area contributed by atoms with Crippen molar-refractivity contribution in [2.75, 3.05) is 13.7 Å². The zero-order valence-electron chi connectivity index (χ0n) is 27.0. The Kier molecular flexibility index (Phi) is 12.7. The Bertz CT molecular complexity index is 1610. The minimum Gasteiger partial charge on any atom is -0.497 e. The Hall–Kier alpha value is -4.02. The van der Waals surface area contributed by atoms with E-state index in [0.717, 1.165) is 33.0 Å². The Labute approximate surface area is 287 Å². The van der Waals surface area contributed by atoms with Gasteiger partial charge in [0.15, 0.2) is 0 Å². The van der Waals surface area contributed by atoms with Crippen LogP contribution < -0.4 is 4.74 Å². The molecule has 0 aliphatic carbocycles. The van der Waals surface area contributed by atoms with E-state index < -0.39 is 29.9 Å². The van der Waals surface area contributed by atoms with E-state index in [2.05, 4.69) is 41.4 Å².